The standard InChI is InChI=1S/C30H44F3NO3/c1-9-10-11-12-15-27(2,3)20-17-23(36-8)25-21-16-19(26(35)34-29(6,7)30(31,32)33)13-14-22(21)28(4,5)37-24(25)18-20/h13,17-18,21-22H,9-12,14-16H2,1-8H3,(H,34,35)/t21-,22-/m1/s1. The Morgan fingerprint density at radius 1 is 1.14 bits per heavy atom. The number of ether oxygens (including phenoxy) is 2. The SMILES string of the molecule is CCCCCCC(C)(C)c1cc(OC)c2c(c1)OC(C)(C)[C@@H]1CC=C(C(=O)NC(C)(C)C(F)(F)F)C[C@@H]21. The molecule has 0 saturated carbocycles. The van der Waals surface area contributed by atoms with E-state index in [4.69, 9.17) is 9.47 Å². The molecule has 208 valence electrons. The van der Waals surface area contributed by atoms with E-state index in [1.165, 1.54) is 19.3 Å². The van der Waals surface area contributed by atoms with E-state index in [1.807, 2.05) is 13.8 Å². The summed E-state index contributed by atoms with van der Waals surface area (Å²) in [5.41, 5.74) is -0.457. The Labute approximate surface area is 220 Å². The first-order valence-corrected chi connectivity index (χ1v) is 13.5. The molecule has 1 aromatic rings. The van der Waals surface area contributed by atoms with Gasteiger partial charge in [-0.1, -0.05) is 52.5 Å². The largest absolute Gasteiger partial charge is 0.496 e. The predicted molar refractivity (Wildman–Crippen MR) is 141 cm³/mol. The maximum atomic E-state index is 13.4. The summed E-state index contributed by atoms with van der Waals surface area (Å²) in [6.07, 6.45) is 3.93. The molecule has 0 aromatic heterocycles. The van der Waals surface area contributed by atoms with E-state index in [0.29, 0.717) is 18.4 Å². The average molecular weight is 524 g/mol. The molecule has 0 bridgehead atoms. The van der Waals surface area contributed by atoms with Gasteiger partial charge in [0, 0.05) is 23.0 Å². The Bertz CT molecular complexity index is 1020. The lowest BCUT2D eigenvalue weighted by Crippen LogP contribution is -2.55. The van der Waals surface area contributed by atoms with E-state index in [9.17, 15) is 18.0 Å². The molecule has 4 nitrogen and oxygen atoms in total. The number of halogens is 3. The number of allylic oxidation sites excluding steroid dienone is 1. The Morgan fingerprint density at radius 2 is 1.81 bits per heavy atom. The minimum atomic E-state index is -4.54. The van der Waals surface area contributed by atoms with Gasteiger partial charge in [0.2, 0.25) is 5.91 Å². The van der Waals surface area contributed by atoms with Crippen molar-refractivity contribution in [3.63, 3.8) is 0 Å². The van der Waals surface area contributed by atoms with Crippen LogP contribution in [0.15, 0.2) is 23.8 Å². The molecule has 0 fully saturated rings. The molecule has 0 radical (unpaired) electrons. The Balaban J connectivity index is 1.95. The Hall–Kier alpha value is -2.18. The summed E-state index contributed by atoms with van der Waals surface area (Å²) in [6, 6.07) is 4.20. The predicted octanol–water partition coefficient (Wildman–Crippen LogP) is 7.99. The molecule has 3 rings (SSSR count). The topological polar surface area (TPSA) is 47.6 Å². The molecule has 0 unspecified atom stereocenters. The monoisotopic (exact) mass is 523 g/mol. The minimum absolute atomic E-state index is 0.0639. The second kappa shape index (κ2) is 10.5. The first kappa shape index (κ1) is 29.4. The van der Waals surface area contributed by atoms with Gasteiger partial charge in [0.05, 0.1) is 7.11 Å². The van der Waals surface area contributed by atoms with Crippen LogP contribution in [0.4, 0.5) is 13.2 Å². The molecule has 2 atom stereocenters. The van der Waals surface area contributed by atoms with Crippen LogP contribution < -0.4 is 14.8 Å². The number of carbonyl (C=O) groups is 1. The normalized spacial score (nSPS) is 21.3. The molecular formula is C30H44F3NO3. The Kier molecular flexibility index (Phi) is 8.36. The van der Waals surface area contributed by atoms with Gasteiger partial charge in [-0.15, -0.1) is 0 Å². The third kappa shape index (κ3) is 6.12. The molecule has 37 heavy (non-hydrogen) atoms. The van der Waals surface area contributed by atoms with E-state index in [-0.39, 0.29) is 17.3 Å². The van der Waals surface area contributed by atoms with Crippen LogP contribution in [-0.4, -0.2) is 30.3 Å². The zero-order chi connectivity index (χ0) is 27.8. The van der Waals surface area contributed by atoms with Crippen LogP contribution in [-0.2, 0) is 10.2 Å². The molecule has 1 amide bonds. The van der Waals surface area contributed by atoms with Crippen LogP contribution in [0.1, 0.15) is 110 Å². The van der Waals surface area contributed by atoms with Gasteiger partial charge in [-0.05, 0) is 70.1 Å². The number of fused-ring (bicyclic) bond motifs is 3. The lowest BCUT2D eigenvalue weighted by Gasteiger charge is -2.47. The summed E-state index contributed by atoms with van der Waals surface area (Å²) in [6.45, 7) is 12.8. The van der Waals surface area contributed by atoms with Crippen molar-refractivity contribution in [2.75, 3.05) is 7.11 Å². The summed E-state index contributed by atoms with van der Waals surface area (Å²) in [7, 11) is 1.64. The van der Waals surface area contributed by atoms with Crippen LogP contribution in [0, 0.1) is 5.92 Å². The number of rotatable bonds is 9. The molecule has 1 aliphatic heterocycles. The summed E-state index contributed by atoms with van der Waals surface area (Å²) < 4.78 is 52.7. The molecule has 0 spiro atoms. The number of amides is 1. The maximum absolute atomic E-state index is 13.4. The maximum Gasteiger partial charge on any atom is 0.410 e. The highest BCUT2D eigenvalue weighted by molar-refractivity contribution is 5.94. The fourth-order valence-corrected chi connectivity index (χ4v) is 5.70. The molecule has 1 N–H and O–H groups in total. The van der Waals surface area contributed by atoms with Crippen LogP contribution in [0.25, 0.3) is 0 Å². The molecular weight excluding hydrogens is 479 g/mol. The summed E-state index contributed by atoms with van der Waals surface area (Å²) in [5, 5.41) is 2.20. The third-order valence-corrected chi connectivity index (χ3v) is 8.37. The molecule has 1 heterocycles. The number of carbonyl (C=O) groups excluding carboxylic acids is 1. The highest BCUT2D eigenvalue weighted by Crippen LogP contribution is 2.55. The van der Waals surface area contributed by atoms with E-state index < -0.39 is 23.2 Å². The fraction of sp³-hybridized carbons (Fsp3) is 0.700. The first-order chi connectivity index (χ1) is 17.0. The number of benzene rings is 1. The van der Waals surface area contributed by atoms with Crippen molar-refractivity contribution in [3.05, 3.63) is 34.9 Å². The second-order valence-corrected chi connectivity index (χ2v) is 12.4. The summed E-state index contributed by atoms with van der Waals surface area (Å²) >= 11 is 0. The first-order valence-electron chi connectivity index (χ1n) is 13.5. The highest BCUT2D eigenvalue weighted by Gasteiger charge is 2.50. The van der Waals surface area contributed by atoms with Gasteiger partial charge in [0.1, 0.15) is 22.6 Å². The van der Waals surface area contributed by atoms with Gasteiger partial charge in [0.15, 0.2) is 0 Å². The van der Waals surface area contributed by atoms with Crippen LogP contribution in [0.5, 0.6) is 11.5 Å². The van der Waals surface area contributed by atoms with Crippen LogP contribution in [0.3, 0.4) is 0 Å². The highest BCUT2D eigenvalue weighted by atomic mass is 19.4. The van der Waals surface area contributed by atoms with Crippen molar-refractivity contribution in [2.24, 2.45) is 5.92 Å². The van der Waals surface area contributed by atoms with Crippen LogP contribution >= 0.6 is 0 Å². The fourth-order valence-electron chi connectivity index (χ4n) is 5.70. The number of hydrogen-bond acceptors (Lipinski definition) is 3. The van der Waals surface area contributed by atoms with E-state index in [1.54, 1.807) is 13.2 Å². The van der Waals surface area contributed by atoms with Crippen molar-refractivity contribution in [1.82, 2.24) is 5.32 Å². The van der Waals surface area contributed by atoms with Crippen LogP contribution in [0.2, 0.25) is 0 Å². The van der Waals surface area contributed by atoms with Gasteiger partial charge in [-0.3, -0.25) is 4.79 Å². The summed E-state index contributed by atoms with van der Waals surface area (Å²) in [5.74, 6) is 0.760. The third-order valence-electron chi connectivity index (χ3n) is 8.37. The molecule has 1 aromatic carbocycles. The van der Waals surface area contributed by atoms with Gasteiger partial charge >= 0.3 is 6.18 Å². The average Bonchev–Trinajstić information content (AvgIpc) is 2.79. The van der Waals surface area contributed by atoms with Crippen molar-refractivity contribution < 1.29 is 27.4 Å². The molecule has 2 aliphatic rings. The number of unbranched alkanes of at least 4 members (excludes halogenated alkanes) is 3. The number of alkyl halides is 3. The van der Waals surface area contributed by atoms with Crippen molar-refractivity contribution in [2.45, 2.75) is 122 Å². The number of nitrogens with one attached hydrogen (secondary N) is 1. The van der Waals surface area contributed by atoms with Crippen molar-refractivity contribution in [1.29, 1.82) is 0 Å². The quantitative estimate of drug-likeness (QED) is 0.334. The zero-order valence-corrected chi connectivity index (χ0v) is 23.7. The lowest BCUT2D eigenvalue weighted by molar-refractivity contribution is -0.187. The van der Waals surface area contributed by atoms with Crippen molar-refractivity contribution in [3.8, 4) is 11.5 Å². The van der Waals surface area contributed by atoms with Crippen molar-refractivity contribution >= 4 is 5.91 Å². The zero-order valence-electron chi connectivity index (χ0n) is 23.7. The minimum Gasteiger partial charge on any atom is -0.496 e. The van der Waals surface area contributed by atoms with Gasteiger partial charge in [0.25, 0.3) is 0 Å². The Morgan fingerprint density at radius 3 is 2.41 bits per heavy atom. The summed E-state index contributed by atoms with van der Waals surface area (Å²) in [4.78, 5) is 13.0. The number of methoxy groups -OCH3 is 1. The van der Waals surface area contributed by atoms with Gasteiger partial charge in [-0.2, -0.15) is 13.2 Å². The molecule has 1 aliphatic carbocycles. The molecule has 0 saturated heterocycles. The van der Waals surface area contributed by atoms with Gasteiger partial charge in [-0.25, -0.2) is 0 Å². The smallest absolute Gasteiger partial charge is 0.410 e. The lowest BCUT2D eigenvalue weighted by atomic mass is 9.66. The second-order valence-electron chi connectivity index (χ2n) is 12.4. The van der Waals surface area contributed by atoms with E-state index in [0.717, 1.165) is 49.3 Å². The van der Waals surface area contributed by atoms with E-state index >= 15 is 0 Å². The number of hydrogen-bond donors (Lipinski definition) is 1. The molecule has 7 heteroatoms. The van der Waals surface area contributed by atoms with Gasteiger partial charge < -0.3 is 14.8 Å². The van der Waals surface area contributed by atoms with E-state index in [2.05, 4.69) is 38.2 Å².